The first-order valence-corrected chi connectivity index (χ1v) is 8.32. The molecule has 0 aromatic heterocycles. The van der Waals surface area contributed by atoms with Crippen molar-refractivity contribution in [2.45, 2.75) is 37.3 Å². The molecule has 0 spiro atoms. The van der Waals surface area contributed by atoms with Crippen LogP contribution in [0.2, 0.25) is 0 Å². The van der Waals surface area contributed by atoms with Gasteiger partial charge in [0.1, 0.15) is 0 Å². The third kappa shape index (κ3) is 2.36. The van der Waals surface area contributed by atoms with Gasteiger partial charge in [0.2, 0.25) is 0 Å². The minimum absolute atomic E-state index is 0.0882. The number of nitrogens with zero attached hydrogens (tertiary/aromatic N) is 1. The van der Waals surface area contributed by atoms with Crippen LogP contribution in [0.15, 0.2) is 41.4 Å². The molecule has 2 N–H and O–H groups in total. The molecule has 2 aliphatic rings. The Hall–Kier alpha value is -0.640. The van der Waals surface area contributed by atoms with E-state index in [2.05, 4.69) is 51.7 Å². The van der Waals surface area contributed by atoms with Crippen molar-refractivity contribution in [3.63, 3.8) is 0 Å². The first-order chi connectivity index (χ1) is 9.65. The number of fused-ring (bicyclic) bond motifs is 2. The average Bonchev–Trinajstić information content (AvgIpc) is 2.70. The molecule has 1 heterocycles. The number of hydrogen-bond donors (Lipinski definition) is 1. The van der Waals surface area contributed by atoms with Gasteiger partial charge >= 0.3 is 0 Å². The highest BCUT2D eigenvalue weighted by atomic mass is 79.9. The Morgan fingerprint density at radius 3 is 3.15 bits per heavy atom. The molecule has 1 saturated heterocycles. The number of nitrogens with two attached hydrogens (primary N) is 1. The highest BCUT2D eigenvalue weighted by molar-refractivity contribution is 9.10. The van der Waals surface area contributed by atoms with E-state index in [0.29, 0.717) is 0 Å². The predicted molar refractivity (Wildman–Crippen MR) is 87.5 cm³/mol. The zero-order valence-corrected chi connectivity index (χ0v) is 13.5. The van der Waals surface area contributed by atoms with E-state index < -0.39 is 0 Å². The summed E-state index contributed by atoms with van der Waals surface area (Å²) in [5, 5.41) is 0. The Morgan fingerprint density at radius 1 is 1.55 bits per heavy atom. The summed E-state index contributed by atoms with van der Waals surface area (Å²) in [5.41, 5.74) is 8.12. The molecule has 0 radical (unpaired) electrons. The highest BCUT2D eigenvalue weighted by Gasteiger charge is 2.51. The van der Waals surface area contributed by atoms with Gasteiger partial charge in [-0.05, 0) is 42.9 Å². The third-order valence-corrected chi connectivity index (χ3v) is 5.60. The molecule has 2 nitrogen and oxygen atoms in total. The van der Waals surface area contributed by atoms with Crippen LogP contribution in [0.1, 0.15) is 37.3 Å². The summed E-state index contributed by atoms with van der Waals surface area (Å²) >= 11 is 3.56. The second-order valence-corrected chi connectivity index (χ2v) is 7.21. The molecule has 1 aliphatic heterocycles. The highest BCUT2D eigenvalue weighted by Crippen LogP contribution is 2.49. The minimum Gasteiger partial charge on any atom is -0.322 e. The summed E-state index contributed by atoms with van der Waals surface area (Å²) in [7, 11) is 0. The molecule has 3 unspecified atom stereocenters. The molecule has 1 saturated carbocycles. The zero-order chi connectivity index (χ0) is 14.2. The van der Waals surface area contributed by atoms with Crippen LogP contribution < -0.4 is 5.73 Å². The minimum atomic E-state index is 0.0882. The van der Waals surface area contributed by atoms with Crippen LogP contribution in [-0.4, -0.2) is 23.5 Å². The van der Waals surface area contributed by atoms with Gasteiger partial charge in [-0.25, -0.2) is 0 Å². The van der Waals surface area contributed by atoms with Gasteiger partial charge in [0, 0.05) is 29.1 Å². The molecule has 20 heavy (non-hydrogen) atoms. The van der Waals surface area contributed by atoms with Crippen molar-refractivity contribution < 1.29 is 0 Å². The number of rotatable bonds is 4. The lowest BCUT2D eigenvalue weighted by Gasteiger charge is -2.44. The lowest BCUT2D eigenvalue weighted by molar-refractivity contribution is 0.104. The van der Waals surface area contributed by atoms with E-state index in [1.165, 1.54) is 37.8 Å². The maximum absolute atomic E-state index is 6.73. The fourth-order valence-corrected chi connectivity index (χ4v) is 4.66. The summed E-state index contributed by atoms with van der Waals surface area (Å²) in [6.07, 6.45) is 7.15. The van der Waals surface area contributed by atoms with Crippen molar-refractivity contribution in [2.75, 3.05) is 13.1 Å². The van der Waals surface area contributed by atoms with Crippen LogP contribution in [0, 0.1) is 5.92 Å². The van der Waals surface area contributed by atoms with E-state index in [9.17, 15) is 0 Å². The van der Waals surface area contributed by atoms with Gasteiger partial charge in [0.05, 0.1) is 0 Å². The quantitative estimate of drug-likeness (QED) is 0.846. The molecule has 108 valence electrons. The van der Waals surface area contributed by atoms with Crippen LogP contribution in [-0.2, 0) is 0 Å². The molecule has 1 aromatic rings. The van der Waals surface area contributed by atoms with Crippen LogP contribution in [0.5, 0.6) is 0 Å². The van der Waals surface area contributed by atoms with Gasteiger partial charge in [-0.2, -0.15) is 0 Å². The van der Waals surface area contributed by atoms with E-state index in [1.54, 1.807) is 0 Å². The lowest BCUT2D eigenvalue weighted by atomic mass is 9.73. The topological polar surface area (TPSA) is 29.3 Å². The zero-order valence-electron chi connectivity index (χ0n) is 11.9. The summed E-state index contributed by atoms with van der Waals surface area (Å²) in [6.45, 7) is 6.07. The molecule has 1 aliphatic carbocycles. The first kappa shape index (κ1) is 14.3. The SMILES string of the molecule is C=CCN1CC2CCCC1(C(N)c1cccc(Br)c1)C2. The van der Waals surface area contributed by atoms with E-state index in [1.807, 2.05) is 6.08 Å². The second kappa shape index (κ2) is 5.63. The third-order valence-electron chi connectivity index (χ3n) is 5.11. The van der Waals surface area contributed by atoms with Gasteiger partial charge in [-0.1, -0.05) is 40.6 Å². The fraction of sp³-hybridized carbons (Fsp3) is 0.529. The van der Waals surface area contributed by atoms with E-state index in [0.717, 1.165) is 16.9 Å². The Labute approximate surface area is 130 Å². The molecule has 1 aromatic carbocycles. The van der Waals surface area contributed by atoms with E-state index in [-0.39, 0.29) is 11.6 Å². The van der Waals surface area contributed by atoms with Gasteiger partial charge < -0.3 is 5.73 Å². The van der Waals surface area contributed by atoms with Gasteiger partial charge in [0.15, 0.2) is 0 Å². The molecule has 3 atom stereocenters. The Kier molecular flexibility index (Phi) is 4.02. The fourth-order valence-electron chi connectivity index (χ4n) is 4.24. The van der Waals surface area contributed by atoms with Gasteiger partial charge in [0.25, 0.3) is 0 Å². The number of likely N-dealkylation sites (tertiary alicyclic amines) is 1. The molecule has 0 amide bonds. The van der Waals surface area contributed by atoms with Gasteiger partial charge in [-0.15, -0.1) is 6.58 Å². The van der Waals surface area contributed by atoms with Crippen molar-refractivity contribution in [2.24, 2.45) is 11.7 Å². The maximum Gasteiger partial charge on any atom is 0.0482 e. The molecule has 2 bridgehead atoms. The molecule has 3 rings (SSSR count). The standard InChI is InChI=1S/C17H23BrN2/c1-2-9-20-12-13-5-4-8-17(20,11-13)16(19)14-6-3-7-15(18)10-14/h2-3,6-7,10,13,16H,1,4-5,8-9,11-12,19H2. The molecule has 3 heteroatoms. The summed E-state index contributed by atoms with van der Waals surface area (Å²) in [4.78, 5) is 2.59. The monoisotopic (exact) mass is 334 g/mol. The van der Waals surface area contributed by atoms with Crippen molar-refractivity contribution in [1.29, 1.82) is 0 Å². The smallest absolute Gasteiger partial charge is 0.0482 e. The maximum atomic E-state index is 6.73. The second-order valence-electron chi connectivity index (χ2n) is 6.29. The van der Waals surface area contributed by atoms with Crippen LogP contribution in [0.3, 0.4) is 0 Å². The average molecular weight is 335 g/mol. The van der Waals surface area contributed by atoms with Gasteiger partial charge in [-0.3, -0.25) is 4.90 Å². The molecular weight excluding hydrogens is 312 g/mol. The number of halogens is 1. The van der Waals surface area contributed by atoms with Crippen LogP contribution in [0.25, 0.3) is 0 Å². The summed E-state index contributed by atoms with van der Waals surface area (Å²) in [6, 6.07) is 8.58. The number of hydrogen-bond acceptors (Lipinski definition) is 2. The summed E-state index contributed by atoms with van der Waals surface area (Å²) < 4.78 is 1.11. The van der Waals surface area contributed by atoms with E-state index in [4.69, 9.17) is 5.73 Å². The van der Waals surface area contributed by atoms with Crippen molar-refractivity contribution in [3.05, 3.63) is 47.0 Å². The Bertz CT molecular complexity index is 502. The van der Waals surface area contributed by atoms with Crippen molar-refractivity contribution >= 4 is 15.9 Å². The lowest BCUT2D eigenvalue weighted by Crippen LogP contribution is -2.52. The predicted octanol–water partition coefficient (Wildman–Crippen LogP) is 3.88. The largest absolute Gasteiger partial charge is 0.322 e. The molecule has 2 fully saturated rings. The Balaban J connectivity index is 1.94. The van der Waals surface area contributed by atoms with Crippen molar-refractivity contribution in [1.82, 2.24) is 4.90 Å². The summed E-state index contributed by atoms with van der Waals surface area (Å²) in [5.74, 6) is 0.821. The normalized spacial score (nSPS) is 31.2. The number of benzene rings is 1. The Morgan fingerprint density at radius 2 is 2.40 bits per heavy atom. The van der Waals surface area contributed by atoms with Crippen LogP contribution in [0.4, 0.5) is 0 Å². The molecular formula is C17H23BrN2. The van der Waals surface area contributed by atoms with Crippen LogP contribution >= 0.6 is 15.9 Å². The van der Waals surface area contributed by atoms with E-state index >= 15 is 0 Å². The van der Waals surface area contributed by atoms with Crippen molar-refractivity contribution in [3.8, 4) is 0 Å². The first-order valence-electron chi connectivity index (χ1n) is 7.53.